The highest BCUT2D eigenvalue weighted by molar-refractivity contribution is 5.79. The Labute approximate surface area is 163 Å². The topological polar surface area (TPSA) is 61.9 Å². The van der Waals surface area contributed by atoms with Gasteiger partial charge in [-0.25, -0.2) is 4.79 Å². The number of carbonyl (C=O) groups excluding carboxylic acids is 2. The predicted octanol–water partition coefficient (Wildman–Crippen LogP) is 2.77. The SMILES string of the molecule is CCOC(=O)N1CC[C@]2(C1)C[C@H](N1CCC(C(=O)NC3(C)CCC3)CC1)C2. The molecule has 0 atom stereocenters. The van der Waals surface area contributed by atoms with E-state index in [0.29, 0.717) is 18.1 Å². The lowest BCUT2D eigenvalue weighted by molar-refractivity contribution is -0.130. The van der Waals surface area contributed by atoms with E-state index >= 15 is 0 Å². The lowest BCUT2D eigenvalue weighted by Crippen LogP contribution is -2.56. The Balaban J connectivity index is 1.19. The van der Waals surface area contributed by atoms with E-state index in [2.05, 4.69) is 17.1 Å². The van der Waals surface area contributed by atoms with Crippen molar-refractivity contribution in [2.45, 2.75) is 76.8 Å². The van der Waals surface area contributed by atoms with E-state index in [9.17, 15) is 9.59 Å². The number of likely N-dealkylation sites (tertiary alicyclic amines) is 2. The molecule has 4 aliphatic rings. The van der Waals surface area contributed by atoms with Crippen LogP contribution in [0.15, 0.2) is 0 Å². The molecule has 0 bridgehead atoms. The summed E-state index contributed by atoms with van der Waals surface area (Å²) in [4.78, 5) is 29.0. The van der Waals surface area contributed by atoms with E-state index in [1.807, 2.05) is 11.8 Å². The van der Waals surface area contributed by atoms with Gasteiger partial charge in [0.05, 0.1) is 6.61 Å². The monoisotopic (exact) mass is 377 g/mol. The van der Waals surface area contributed by atoms with Crippen molar-refractivity contribution in [3.05, 3.63) is 0 Å². The van der Waals surface area contributed by atoms with Crippen molar-refractivity contribution in [1.82, 2.24) is 15.1 Å². The zero-order valence-corrected chi connectivity index (χ0v) is 17.0. The van der Waals surface area contributed by atoms with Crippen LogP contribution in [0.4, 0.5) is 4.79 Å². The Bertz CT molecular complexity index is 575. The molecule has 4 fully saturated rings. The Morgan fingerprint density at radius 3 is 2.41 bits per heavy atom. The van der Waals surface area contributed by atoms with Gasteiger partial charge in [0, 0.05) is 30.6 Å². The maximum absolute atomic E-state index is 12.5. The van der Waals surface area contributed by atoms with E-state index in [1.165, 1.54) is 19.3 Å². The van der Waals surface area contributed by atoms with Crippen molar-refractivity contribution in [2.24, 2.45) is 11.3 Å². The average Bonchev–Trinajstić information content (AvgIpc) is 3.05. The molecule has 2 saturated heterocycles. The van der Waals surface area contributed by atoms with Crippen LogP contribution < -0.4 is 5.32 Å². The van der Waals surface area contributed by atoms with Crippen LogP contribution in [0.3, 0.4) is 0 Å². The molecule has 0 radical (unpaired) electrons. The molecule has 2 aliphatic carbocycles. The number of amides is 2. The molecule has 4 rings (SSSR count). The fraction of sp³-hybridized carbons (Fsp3) is 0.905. The molecule has 6 nitrogen and oxygen atoms in total. The molecule has 6 heteroatoms. The minimum atomic E-state index is -0.148. The van der Waals surface area contributed by atoms with Crippen molar-refractivity contribution >= 4 is 12.0 Å². The number of piperidine rings is 1. The third-order valence-electron chi connectivity index (χ3n) is 7.60. The first-order valence-electron chi connectivity index (χ1n) is 10.9. The molecule has 2 saturated carbocycles. The maximum Gasteiger partial charge on any atom is 0.409 e. The highest BCUT2D eigenvalue weighted by atomic mass is 16.6. The highest BCUT2D eigenvalue weighted by Crippen LogP contribution is 2.50. The number of hydrogen-bond acceptors (Lipinski definition) is 4. The summed E-state index contributed by atoms with van der Waals surface area (Å²) in [6.07, 6.45) is 8.82. The first-order valence-corrected chi connectivity index (χ1v) is 10.9. The summed E-state index contributed by atoms with van der Waals surface area (Å²) in [7, 11) is 0. The van der Waals surface area contributed by atoms with Crippen LogP contribution in [0.1, 0.15) is 65.2 Å². The van der Waals surface area contributed by atoms with Gasteiger partial charge < -0.3 is 19.9 Å². The summed E-state index contributed by atoms with van der Waals surface area (Å²) in [6, 6.07) is 0.639. The van der Waals surface area contributed by atoms with E-state index < -0.39 is 0 Å². The van der Waals surface area contributed by atoms with Gasteiger partial charge in [-0.15, -0.1) is 0 Å². The van der Waals surface area contributed by atoms with Crippen LogP contribution in [0.5, 0.6) is 0 Å². The summed E-state index contributed by atoms with van der Waals surface area (Å²) >= 11 is 0. The molecular weight excluding hydrogens is 342 g/mol. The van der Waals surface area contributed by atoms with Crippen LogP contribution in [0, 0.1) is 11.3 Å². The Morgan fingerprint density at radius 1 is 1.11 bits per heavy atom. The Hall–Kier alpha value is -1.30. The summed E-state index contributed by atoms with van der Waals surface area (Å²) in [6.45, 7) is 8.27. The van der Waals surface area contributed by atoms with Gasteiger partial charge in [-0.1, -0.05) is 0 Å². The molecule has 152 valence electrons. The fourth-order valence-electron chi connectivity index (χ4n) is 5.60. The van der Waals surface area contributed by atoms with Gasteiger partial charge >= 0.3 is 6.09 Å². The highest BCUT2D eigenvalue weighted by Gasteiger charge is 2.51. The minimum absolute atomic E-state index is 0.0713. The van der Waals surface area contributed by atoms with Crippen LogP contribution in [0.2, 0.25) is 0 Å². The van der Waals surface area contributed by atoms with Crippen molar-refractivity contribution in [2.75, 3.05) is 32.8 Å². The second-order valence-electron chi connectivity index (χ2n) is 9.65. The molecule has 1 spiro atoms. The zero-order chi connectivity index (χ0) is 19.1. The third kappa shape index (κ3) is 3.82. The molecule has 1 N–H and O–H groups in total. The predicted molar refractivity (Wildman–Crippen MR) is 103 cm³/mol. The standard InChI is InChI=1S/C21H35N3O3/c1-3-27-19(26)24-12-9-21(15-24)13-17(14-21)23-10-5-16(6-11-23)18(25)22-20(2)7-4-8-20/h16-17H,3-15H2,1-2H3,(H,22,25)/t17-,21-. The van der Waals surface area contributed by atoms with Crippen molar-refractivity contribution in [3.8, 4) is 0 Å². The second kappa shape index (κ2) is 7.26. The van der Waals surface area contributed by atoms with Crippen LogP contribution >= 0.6 is 0 Å². The normalized spacial score (nSPS) is 33.4. The molecule has 2 heterocycles. The summed E-state index contributed by atoms with van der Waals surface area (Å²) in [5.74, 6) is 0.473. The van der Waals surface area contributed by atoms with E-state index in [1.54, 1.807) is 0 Å². The van der Waals surface area contributed by atoms with Crippen molar-refractivity contribution < 1.29 is 14.3 Å². The Morgan fingerprint density at radius 2 is 1.81 bits per heavy atom. The summed E-state index contributed by atoms with van der Waals surface area (Å²) in [5, 5.41) is 3.29. The quantitative estimate of drug-likeness (QED) is 0.818. The largest absolute Gasteiger partial charge is 0.450 e. The van der Waals surface area contributed by atoms with Gasteiger partial charge in [-0.3, -0.25) is 4.79 Å². The first kappa shape index (κ1) is 19.0. The van der Waals surface area contributed by atoms with Gasteiger partial charge in [0.2, 0.25) is 5.91 Å². The first-order chi connectivity index (χ1) is 12.9. The van der Waals surface area contributed by atoms with Gasteiger partial charge in [0.25, 0.3) is 0 Å². The minimum Gasteiger partial charge on any atom is -0.450 e. The molecule has 0 aromatic heterocycles. The van der Waals surface area contributed by atoms with Gasteiger partial charge in [0.15, 0.2) is 0 Å². The lowest BCUT2D eigenvalue weighted by atomic mass is 9.64. The summed E-state index contributed by atoms with van der Waals surface area (Å²) < 4.78 is 5.15. The zero-order valence-electron chi connectivity index (χ0n) is 17.0. The van der Waals surface area contributed by atoms with E-state index in [0.717, 1.165) is 58.3 Å². The molecular formula is C21H35N3O3. The van der Waals surface area contributed by atoms with Gasteiger partial charge in [0.1, 0.15) is 0 Å². The number of ether oxygens (including phenoxy) is 1. The number of nitrogens with one attached hydrogen (secondary N) is 1. The number of rotatable bonds is 4. The fourth-order valence-corrected chi connectivity index (χ4v) is 5.60. The molecule has 0 unspecified atom stereocenters. The van der Waals surface area contributed by atoms with Crippen LogP contribution in [0.25, 0.3) is 0 Å². The second-order valence-corrected chi connectivity index (χ2v) is 9.65. The van der Waals surface area contributed by atoms with E-state index in [-0.39, 0.29) is 23.5 Å². The van der Waals surface area contributed by atoms with E-state index in [4.69, 9.17) is 4.74 Å². The third-order valence-corrected chi connectivity index (χ3v) is 7.60. The number of hydrogen-bond donors (Lipinski definition) is 1. The smallest absolute Gasteiger partial charge is 0.409 e. The molecule has 2 aliphatic heterocycles. The molecule has 0 aromatic carbocycles. The lowest BCUT2D eigenvalue weighted by Gasteiger charge is -2.51. The summed E-state index contributed by atoms with van der Waals surface area (Å²) in [5.41, 5.74) is 0.395. The average molecular weight is 378 g/mol. The van der Waals surface area contributed by atoms with Gasteiger partial charge in [-0.2, -0.15) is 0 Å². The molecule has 2 amide bonds. The molecule has 0 aromatic rings. The van der Waals surface area contributed by atoms with Crippen LogP contribution in [-0.2, 0) is 9.53 Å². The molecule has 27 heavy (non-hydrogen) atoms. The van der Waals surface area contributed by atoms with Crippen molar-refractivity contribution in [1.29, 1.82) is 0 Å². The van der Waals surface area contributed by atoms with Gasteiger partial charge in [-0.05, 0) is 83.7 Å². The Kier molecular flexibility index (Phi) is 5.12. The maximum atomic E-state index is 12.5. The number of carbonyl (C=O) groups is 2. The van der Waals surface area contributed by atoms with Crippen molar-refractivity contribution in [3.63, 3.8) is 0 Å². The number of nitrogens with zero attached hydrogens (tertiary/aromatic N) is 2. The van der Waals surface area contributed by atoms with Crippen LogP contribution in [-0.4, -0.2) is 66.2 Å².